The molecular formula is C21H29N3O3S2. The summed E-state index contributed by atoms with van der Waals surface area (Å²) in [7, 11) is 1.64. The molecule has 0 spiro atoms. The van der Waals surface area contributed by atoms with Crippen molar-refractivity contribution in [3.63, 3.8) is 0 Å². The van der Waals surface area contributed by atoms with E-state index in [9.17, 15) is 9.59 Å². The zero-order valence-electron chi connectivity index (χ0n) is 17.2. The van der Waals surface area contributed by atoms with E-state index in [1.165, 1.54) is 35.0 Å². The summed E-state index contributed by atoms with van der Waals surface area (Å²) in [6.45, 7) is 7.21. The summed E-state index contributed by atoms with van der Waals surface area (Å²) in [6.07, 6.45) is 7.96. The van der Waals surface area contributed by atoms with E-state index in [1.807, 2.05) is 6.92 Å². The number of allylic oxidation sites excluding steroid dienone is 1. The van der Waals surface area contributed by atoms with E-state index in [-0.39, 0.29) is 16.7 Å². The van der Waals surface area contributed by atoms with Crippen molar-refractivity contribution in [2.45, 2.75) is 62.4 Å². The fraction of sp³-hybridized carbons (Fsp3) is 0.571. The molecule has 1 N–H and O–H groups in total. The lowest BCUT2D eigenvalue weighted by Gasteiger charge is -2.15. The summed E-state index contributed by atoms with van der Waals surface area (Å²) in [6, 6.07) is 0. The Balaban J connectivity index is 1.89. The molecule has 1 amide bonds. The van der Waals surface area contributed by atoms with Crippen molar-refractivity contribution >= 4 is 39.2 Å². The summed E-state index contributed by atoms with van der Waals surface area (Å²) in [5.74, 6) is -0.0624. The third-order valence-corrected chi connectivity index (χ3v) is 7.35. The molecule has 0 saturated heterocycles. The van der Waals surface area contributed by atoms with Gasteiger partial charge in [-0.2, -0.15) is 0 Å². The average molecular weight is 436 g/mol. The topological polar surface area (TPSA) is 73.2 Å². The van der Waals surface area contributed by atoms with Gasteiger partial charge < -0.3 is 10.1 Å². The Bertz CT molecular complexity index is 935. The van der Waals surface area contributed by atoms with Gasteiger partial charge in [0.2, 0.25) is 5.91 Å². The summed E-state index contributed by atoms with van der Waals surface area (Å²) < 4.78 is 6.67. The largest absolute Gasteiger partial charge is 0.385 e. The third-order valence-electron chi connectivity index (χ3n) is 5.08. The summed E-state index contributed by atoms with van der Waals surface area (Å²) >= 11 is 2.97. The van der Waals surface area contributed by atoms with Gasteiger partial charge in [-0.05, 0) is 44.6 Å². The molecule has 8 heteroatoms. The molecule has 1 aliphatic rings. The van der Waals surface area contributed by atoms with E-state index in [4.69, 9.17) is 9.72 Å². The average Bonchev–Trinajstić information content (AvgIpc) is 2.89. The maximum absolute atomic E-state index is 13.3. The van der Waals surface area contributed by atoms with Crippen molar-refractivity contribution < 1.29 is 9.53 Å². The highest BCUT2D eigenvalue weighted by Gasteiger charge is 2.23. The van der Waals surface area contributed by atoms with E-state index < -0.39 is 0 Å². The number of rotatable bonds is 9. The van der Waals surface area contributed by atoms with Crippen LogP contribution in [0, 0.1) is 0 Å². The Morgan fingerprint density at radius 1 is 1.41 bits per heavy atom. The van der Waals surface area contributed by atoms with Gasteiger partial charge in [-0.15, -0.1) is 17.9 Å². The van der Waals surface area contributed by atoms with E-state index in [0.29, 0.717) is 24.9 Å². The number of nitrogens with zero attached hydrogens (tertiary/aromatic N) is 2. The molecule has 0 aromatic carbocycles. The van der Waals surface area contributed by atoms with Gasteiger partial charge in [0, 0.05) is 31.7 Å². The van der Waals surface area contributed by atoms with Crippen LogP contribution in [0.3, 0.4) is 0 Å². The van der Waals surface area contributed by atoms with Crippen LogP contribution in [0.4, 0.5) is 0 Å². The molecule has 2 heterocycles. The van der Waals surface area contributed by atoms with Crippen LogP contribution in [0.15, 0.2) is 22.6 Å². The smallest absolute Gasteiger partial charge is 0.263 e. The fourth-order valence-corrected chi connectivity index (χ4v) is 5.81. The molecule has 6 nitrogen and oxygen atoms in total. The highest BCUT2D eigenvalue weighted by molar-refractivity contribution is 8.00. The van der Waals surface area contributed by atoms with Crippen LogP contribution in [0.2, 0.25) is 0 Å². The number of amides is 1. The van der Waals surface area contributed by atoms with Crippen molar-refractivity contribution in [2.24, 2.45) is 0 Å². The molecule has 1 aliphatic carbocycles. The van der Waals surface area contributed by atoms with E-state index in [2.05, 4.69) is 11.9 Å². The predicted octanol–water partition coefficient (Wildman–Crippen LogP) is 3.55. The highest BCUT2D eigenvalue weighted by atomic mass is 32.2. The van der Waals surface area contributed by atoms with Crippen molar-refractivity contribution in [2.75, 3.05) is 20.3 Å². The number of ether oxygens (including phenoxy) is 1. The monoisotopic (exact) mass is 435 g/mol. The molecule has 2 aromatic rings. The van der Waals surface area contributed by atoms with Crippen LogP contribution in [-0.2, 0) is 28.9 Å². The number of aromatic nitrogens is 2. The number of hydrogen-bond acceptors (Lipinski definition) is 6. The van der Waals surface area contributed by atoms with Gasteiger partial charge in [-0.25, -0.2) is 4.98 Å². The van der Waals surface area contributed by atoms with Gasteiger partial charge in [0.25, 0.3) is 5.56 Å². The number of fused-ring (bicyclic) bond motifs is 3. The Morgan fingerprint density at radius 3 is 2.97 bits per heavy atom. The number of thioether (sulfide) groups is 1. The first-order valence-corrected chi connectivity index (χ1v) is 11.9. The second-order valence-corrected chi connectivity index (χ2v) is 9.63. The van der Waals surface area contributed by atoms with Gasteiger partial charge in [-0.3, -0.25) is 14.2 Å². The van der Waals surface area contributed by atoms with E-state index >= 15 is 0 Å². The lowest BCUT2D eigenvalue weighted by Crippen LogP contribution is -2.33. The van der Waals surface area contributed by atoms with Gasteiger partial charge in [0.1, 0.15) is 4.83 Å². The maximum Gasteiger partial charge on any atom is 0.263 e. The first-order chi connectivity index (χ1) is 14.1. The number of nitrogens with one attached hydrogen (secondary N) is 1. The van der Waals surface area contributed by atoms with Crippen molar-refractivity contribution in [3.8, 4) is 0 Å². The fourth-order valence-electron chi connectivity index (χ4n) is 3.56. The second kappa shape index (κ2) is 10.4. The highest BCUT2D eigenvalue weighted by Crippen LogP contribution is 2.34. The lowest BCUT2D eigenvalue weighted by molar-refractivity contribution is -0.120. The number of hydrogen-bond donors (Lipinski definition) is 1. The predicted molar refractivity (Wildman–Crippen MR) is 120 cm³/mol. The molecular weight excluding hydrogens is 406 g/mol. The minimum atomic E-state index is -0.351. The van der Waals surface area contributed by atoms with Crippen molar-refractivity contribution in [3.05, 3.63) is 33.4 Å². The Hall–Kier alpha value is -1.64. The van der Waals surface area contributed by atoms with Crippen LogP contribution >= 0.6 is 23.1 Å². The van der Waals surface area contributed by atoms with Crippen molar-refractivity contribution in [1.29, 1.82) is 0 Å². The number of aryl methyl sites for hydroxylation is 2. The van der Waals surface area contributed by atoms with Gasteiger partial charge in [0.15, 0.2) is 5.16 Å². The molecule has 2 aromatic heterocycles. The number of carbonyl (C=O) groups excluding carboxylic acids is 1. The molecule has 1 unspecified atom stereocenters. The molecule has 0 radical (unpaired) electrons. The minimum Gasteiger partial charge on any atom is -0.385 e. The molecule has 0 saturated carbocycles. The lowest BCUT2D eigenvalue weighted by atomic mass is 10.1. The molecule has 3 rings (SSSR count). The quantitative estimate of drug-likeness (QED) is 0.214. The van der Waals surface area contributed by atoms with Gasteiger partial charge in [-0.1, -0.05) is 24.3 Å². The summed E-state index contributed by atoms with van der Waals surface area (Å²) in [4.78, 5) is 32.7. The van der Waals surface area contributed by atoms with Gasteiger partial charge in [0.05, 0.1) is 10.6 Å². The Kier molecular flexibility index (Phi) is 7.91. The Labute approximate surface area is 179 Å². The summed E-state index contributed by atoms with van der Waals surface area (Å²) in [5, 5.41) is 3.92. The van der Waals surface area contributed by atoms with Crippen LogP contribution in [0.1, 0.15) is 43.0 Å². The van der Waals surface area contributed by atoms with Crippen LogP contribution in [0.5, 0.6) is 0 Å². The van der Waals surface area contributed by atoms with Crippen LogP contribution in [-0.4, -0.2) is 41.0 Å². The zero-order valence-corrected chi connectivity index (χ0v) is 18.8. The SMILES string of the molecule is C=CCn1c(SC(C)C(=O)NCCCOC)nc2sc3c(c2c1=O)CCCCC3. The number of thiophene rings is 1. The molecule has 1 atom stereocenters. The first-order valence-electron chi connectivity index (χ1n) is 10.2. The van der Waals surface area contributed by atoms with Crippen molar-refractivity contribution in [1.82, 2.24) is 14.9 Å². The van der Waals surface area contributed by atoms with E-state index in [1.54, 1.807) is 29.1 Å². The first kappa shape index (κ1) is 22.1. The van der Waals surface area contributed by atoms with Crippen LogP contribution < -0.4 is 10.9 Å². The number of carbonyl (C=O) groups is 1. The summed E-state index contributed by atoms with van der Waals surface area (Å²) in [5.41, 5.74) is 1.18. The minimum absolute atomic E-state index is 0.00972. The molecule has 0 fully saturated rings. The van der Waals surface area contributed by atoms with Crippen LogP contribution in [0.25, 0.3) is 10.2 Å². The number of methoxy groups -OCH3 is 1. The zero-order chi connectivity index (χ0) is 20.8. The van der Waals surface area contributed by atoms with Gasteiger partial charge >= 0.3 is 0 Å². The molecule has 158 valence electrons. The standard InChI is InChI=1S/C21H29N3O3S2/c1-4-12-24-20(26)17-15-9-6-5-7-10-16(15)29-19(17)23-21(24)28-14(2)18(25)22-11-8-13-27-3/h4,14H,1,5-13H2,2-3H3,(H,22,25). The Morgan fingerprint density at radius 2 is 2.21 bits per heavy atom. The van der Waals surface area contributed by atoms with E-state index in [0.717, 1.165) is 35.9 Å². The molecule has 0 aliphatic heterocycles. The second-order valence-electron chi connectivity index (χ2n) is 7.24. The molecule has 29 heavy (non-hydrogen) atoms. The normalized spacial score (nSPS) is 15.0. The maximum atomic E-state index is 13.3. The molecule has 0 bridgehead atoms. The third kappa shape index (κ3) is 5.10.